The molecule has 1 N–H and O–H groups in total. The zero-order chi connectivity index (χ0) is 17.8. The number of nitrogens with one attached hydrogen (secondary N) is 1. The summed E-state index contributed by atoms with van der Waals surface area (Å²) >= 11 is 5.98. The second kappa shape index (κ2) is 6.06. The molecule has 2 fully saturated rings. The van der Waals surface area contributed by atoms with Crippen LogP contribution >= 0.6 is 11.6 Å². The second-order valence-corrected chi connectivity index (χ2v) is 9.65. The van der Waals surface area contributed by atoms with Crippen LogP contribution in [0.5, 0.6) is 5.75 Å². The highest BCUT2D eigenvalue weighted by atomic mass is 35.5. The van der Waals surface area contributed by atoms with E-state index in [4.69, 9.17) is 16.3 Å². The van der Waals surface area contributed by atoms with Gasteiger partial charge in [0.1, 0.15) is 5.75 Å². The minimum absolute atomic E-state index is 0.0428. The lowest BCUT2D eigenvalue weighted by Gasteiger charge is -2.35. The number of carbonyl (C=O) groups excluding carboxylic acids is 1. The highest BCUT2D eigenvalue weighted by Gasteiger charge is 2.42. The maximum absolute atomic E-state index is 12.7. The number of rotatable bonds is 3. The Morgan fingerprint density at radius 2 is 2.12 bits per heavy atom. The fraction of sp³-hybridized carbons (Fsp3) is 0.588. The predicted octanol–water partition coefficient (Wildman–Crippen LogP) is 2.17. The summed E-state index contributed by atoms with van der Waals surface area (Å²) in [5, 5.41) is 3.50. The van der Waals surface area contributed by atoms with Crippen LogP contribution in [-0.2, 0) is 14.8 Å². The van der Waals surface area contributed by atoms with Crippen molar-refractivity contribution in [2.45, 2.75) is 37.8 Å². The number of amides is 1. The molecular weight excluding hydrogens is 364 g/mol. The van der Waals surface area contributed by atoms with E-state index in [0.29, 0.717) is 22.4 Å². The van der Waals surface area contributed by atoms with Crippen LogP contribution in [0.1, 0.15) is 25.7 Å². The fourth-order valence-corrected chi connectivity index (χ4v) is 5.44. The van der Waals surface area contributed by atoms with Crippen LogP contribution in [-0.4, -0.2) is 39.3 Å². The quantitative estimate of drug-likeness (QED) is 0.866. The number of ether oxygens (including phenoxy) is 1. The Bertz CT molecular complexity index is 813. The van der Waals surface area contributed by atoms with E-state index in [-0.39, 0.29) is 18.5 Å². The molecule has 0 unspecified atom stereocenters. The molecule has 0 spiro atoms. The molecule has 4 rings (SSSR count). The van der Waals surface area contributed by atoms with Crippen LogP contribution in [0.15, 0.2) is 18.2 Å². The summed E-state index contributed by atoms with van der Waals surface area (Å²) in [5.41, 5.74) is 0.374. The zero-order valence-electron chi connectivity index (χ0n) is 13.9. The first-order valence-corrected chi connectivity index (χ1v) is 10.8. The highest BCUT2D eigenvalue weighted by molar-refractivity contribution is 7.92. The summed E-state index contributed by atoms with van der Waals surface area (Å²) in [6, 6.07) is 4.96. The van der Waals surface area contributed by atoms with Crippen molar-refractivity contribution in [1.29, 1.82) is 0 Å². The third kappa shape index (κ3) is 3.19. The number of benzene rings is 1. The lowest BCUT2D eigenvalue weighted by Crippen LogP contribution is -2.53. The second-order valence-electron chi connectivity index (χ2n) is 7.30. The van der Waals surface area contributed by atoms with Crippen molar-refractivity contribution in [3.05, 3.63) is 23.2 Å². The SMILES string of the molecule is CS(=O)(=O)N1C[C@H](C(=O)N[C@H]2C[C@H]3CC[C@H]2C3)Oc2ccc(Cl)cc21. The summed E-state index contributed by atoms with van der Waals surface area (Å²) in [6.45, 7) is -0.0428. The van der Waals surface area contributed by atoms with E-state index in [1.807, 2.05) is 0 Å². The van der Waals surface area contributed by atoms with Crippen molar-refractivity contribution in [1.82, 2.24) is 5.32 Å². The first-order valence-electron chi connectivity index (χ1n) is 8.55. The number of halogens is 1. The van der Waals surface area contributed by atoms with E-state index in [0.717, 1.165) is 25.0 Å². The van der Waals surface area contributed by atoms with E-state index >= 15 is 0 Å². The average molecular weight is 385 g/mol. The summed E-state index contributed by atoms with van der Waals surface area (Å²) in [4.78, 5) is 12.7. The van der Waals surface area contributed by atoms with Gasteiger partial charge in [-0.2, -0.15) is 0 Å². The van der Waals surface area contributed by atoms with E-state index in [2.05, 4.69) is 5.32 Å². The number of anilines is 1. The van der Waals surface area contributed by atoms with Crippen LogP contribution in [0.25, 0.3) is 0 Å². The molecule has 0 saturated heterocycles. The minimum atomic E-state index is -3.54. The number of hydrogen-bond donors (Lipinski definition) is 1. The molecule has 1 heterocycles. The molecule has 1 aliphatic heterocycles. The van der Waals surface area contributed by atoms with Crippen molar-refractivity contribution >= 4 is 33.2 Å². The van der Waals surface area contributed by atoms with E-state index < -0.39 is 16.1 Å². The number of nitrogens with zero attached hydrogens (tertiary/aromatic N) is 1. The Kier molecular flexibility index (Phi) is 4.11. The Hall–Kier alpha value is -1.47. The van der Waals surface area contributed by atoms with Gasteiger partial charge in [0.05, 0.1) is 18.5 Å². The first-order chi connectivity index (χ1) is 11.8. The van der Waals surface area contributed by atoms with Gasteiger partial charge < -0.3 is 10.1 Å². The number of carbonyl (C=O) groups is 1. The molecule has 1 amide bonds. The molecule has 2 saturated carbocycles. The van der Waals surface area contributed by atoms with E-state index in [1.54, 1.807) is 18.2 Å². The molecule has 25 heavy (non-hydrogen) atoms. The van der Waals surface area contributed by atoms with Gasteiger partial charge in [-0.05, 0) is 49.3 Å². The number of fused-ring (bicyclic) bond motifs is 3. The van der Waals surface area contributed by atoms with Crippen molar-refractivity contribution in [2.75, 3.05) is 17.1 Å². The normalized spacial score (nSPS) is 30.7. The monoisotopic (exact) mass is 384 g/mol. The fourth-order valence-electron chi connectivity index (χ4n) is 4.37. The Morgan fingerprint density at radius 1 is 1.32 bits per heavy atom. The Morgan fingerprint density at radius 3 is 2.76 bits per heavy atom. The molecule has 136 valence electrons. The van der Waals surface area contributed by atoms with Crippen molar-refractivity contribution in [3.63, 3.8) is 0 Å². The summed E-state index contributed by atoms with van der Waals surface area (Å²) < 4.78 is 31.3. The van der Waals surface area contributed by atoms with Crippen molar-refractivity contribution in [3.8, 4) is 5.75 Å². The molecule has 1 aromatic rings. The summed E-state index contributed by atoms with van der Waals surface area (Å²) in [7, 11) is -3.54. The van der Waals surface area contributed by atoms with Gasteiger partial charge in [0.2, 0.25) is 10.0 Å². The molecule has 0 aromatic heterocycles. The van der Waals surface area contributed by atoms with Crippen molar-refractivity contribution < 1.29 is 17.9 Å². The molecule has 2 aliphatic carbocycles. The van der Waals surface area contributed by atoms with Gasteiger partial charge in [-0.15, -0.1) is 0 Å². The Labute approximate surface area is 152 Å². The lowest BCUT2D eigenvalue weighted by molar-refractivity contribution is -0.128. The van der Waals surface area contributed by atoms with Crippen LogP contribution in [0, 0.1) is 11.8 Å². The largest absolute Gasteiger partial charge is 0.476 e. The maximum Gasteiger partial charge on any atom is 0.263 e. The van der Waals surface area contributed by atoms with Gasteiger partial charge in [-0.3, -0.25) is 9.10 Å². The molecule has 6 nitrogen and oxygen atoms in total. The molecule has 4 atom stereocenters. The van der Waals surface area contributed by atoms with Crippen LogP contribution < -0.4 is 14.4 Å². The smallest absolute Gasteiger partial charge is 0.263 e. The highest BCUT2D eigenvalue weighted by Crippen LogP contribution is 2.44. The standard InChI is InChI=1S/C17H21ClN2O4S/c1-25(22,23)20-9-16(24-15-5-4-12(18)8-14(15)20)17(21)19-13-7-10-2-3-11(13)6-10/h4-5,8,10-11,13,16H,2-3,6-7,9H2,1H3,(H,19,21)/t10-,11-,13-,16+/m0/s1. The van der Waals surface area contributed by atoms with Crippen LogP contribution in [0.2, 0.25) is 5.02 Å². The third-order valence-corrected chi connectivity index (χ3v) is 6.93. The predicted molar refractivity (Wildman–Crippen MR) is 95.4 cm³/mol. The molecule has 0 radical (unpaired) electrons. The maximum atomic E-state index is 12.7. The molecule has 1 aromatic carbocycles. The van der Waals surface area contributed by atoms with Gasteiger partial charge in [0.25, 0.3) is 5.91 Å². The number of sulfonamides is 1. The minimum Gasteiger partial charge on any atom is -0.476 e. The molecular formula is C17H21ClN2O4S. The lowest BCUT2D eigenvalue weighted by atomic mass is 9.95. The van der Waals surface area contributed by atoms with Gasteiger partial charge in [0.15, 0.2) is 6.10 Å². The van der Waals surface area contributed by atoms with Crippen LogP contribution in [0.3, 0.4) is 0 Å². The topological polar surface area (TPSA) is 75.7 Å². The number of hydrogen-bond acceptors (Lipinski definition) is 4. The zero-order valence-corrected chi connectivity index (χ0v) is 15.5. The van der Waals surface area contributed by atoms with Gasteiger partial charge >= 0.3 is 0 Å². The summed E-state index contributed by atoms with van der Waals surface area (Å²) in [5.74, 6) is 1.38. The average Bonchev–Trinajstić information content (AvgIpc) is 3.15. The molecule has 3 aliphatic rings. The molecule has 8 heteroatoms. The first kappa shape index (κ1) is 17.0. The summed E-state index contributed by atoms with van der Waals surface area (Å²) in [6.07, 6.45) is 4.89. The van der Waals surface area contributed by atoms with Gasteiger partial charge in [-0.25, -0.2) is 8.42 Å². The van der Waals surface area contributed by atoms with E-state index in [9.17, 15) is 13.2 Å². The third-order valence-electron chi connectivity index (χ3n) is 5.55. The van der Waals surface area contributed by atoms with Crippen molar-refractivity contribution in [2.24, 2.45) is 11.8 Å². The Balaban J connectivity index is 1.55. The van der Waals surface area contributed by atoms with Gasteiger partial charge in [0, 0.05) is 11.1 Å². The van der Waals surface area contributed by atoms with Crippen LogP contribution in [0.4, 0.5) is 5.69 Å². The van der Waals surface area contributed by atoms with Gasteiger partial charge in [-0.1, -0.05) is 18.0 Å². The molecule has 2 bridgehead atoms. The van der Waals surface area contributed by atoms with E-state index in [1.165, 1.54) is 17.1 Å².